The van der Waals surface area contributed by atoms with Gasteiger partial charge in [-0.05, 0) is 24.6 Å². The zero-order valence-corrected chi connectivity index (χ0v) is 10.5. The van der Waals surface area contributed by atoms with Crippen LogP contribution in [0.3, 0.4) is 0 Å². The number of nitrogens with two attached hydrogens (primary N) is 1. The van der Waals surface area contributed by atoms with Crippen LogP contribution in [0.5, 0.6) is 5.75 Å². The summed E-state index contributed by atoms with van der Waals surface area (Å²) in [5.41, 5.74) is 6.87. The van der Waals surface area contributed by atoms with Crippen molar-refractivity contribution < 1.29 is 14.2 Å². The number of methoxy groups -OCH3 is 1. The quantitative estimate of drug-likeness (QED) is 0.702. The Bertz CT molecular complexity index is 315. The monoisotopic (exact) mass is 239 g/mol. The number of hydrogen-bond donors (Lipinski definition) is 1. The fourth-order valence-electron chi connectivity index (χ4n) is 1.35. The molecule has 1 atom stereocenters. The molecule has 1 aromatic carbocycles. The molecule has 1 aromatic rings. The number of hydrogen-bond acceptors (Lipinski definition) is 4. The molecule has 0 spiro atoms. The van der Waals surface area contributed by atoms with Gasteiger partial charge in [0, 0.05) is 13.2 Å². The molecule has 4 heteroatoms. The van der Waals surface area contributed by atoms with Crippen LogP contribution < -0.4 is 10.5 Å². The van der Waals surface area contributed by atoms with Crippen LogP contribution in [0, 0.1) is 0 Å². The fourth-order valence-corrected chi connectivity index (χ4v) is 1.35. The van der Waals surface area contributed by atoms with Crippen LogP contribution in [0.25, 0.3) is 0 Å². The van der Waals surface area contributed by atoms with E-state index in [0.717, 1.165) is 11.3 Å². The van der Waals surface area contributed by atoms with Gasteiger partial charge in [-0.15, -0.1) is 0 Å². The Morgan fingerprint density at radius 3 is 2.65 bits per heavy atom. The molecule has 0 aliphatic carbocycles. The van der Waals surface area contributed by atoms with Crippen LogP contribution in [0.4, 0.5) is 0 Å². The SMILES string of the molecule is COCCOCCOc1cccc(C(C)N)c1. The maximum atomic E-state index is 5.80. The van der Waals surface area contributed by atoms with Crippen molar-refractivity contribution in [2.75, 3.05) is 33.5 Å². The van der Waals surface area contributed by atoms with Gasteiger partial charge in [-0.25, -0.2) is 0 Å². The summed E-state index contributed by atoms with van der Waals surface area (Å²) < 4.78 is 15.7. The first-order chi connectivity index (χ1) is 8.24. The largest absolute Gasteiger partial charge is 0.491 e. The highest BCUT2D eigenvalue weighted by Gasteiger charge is 2.00. The van der Waals surface area contributed by atoms with Gasteiger partial charge in [0.2, 0.25) is 0 Å². The first-order valence-corrected chi connectivity index (χ1v) is 5.79. The van der Waals surface area contributed by atoms with Crippen molar-refractivity contribution in [1.29, 1.82) is 0 Å². The lowest BCUT2D eigenvalue weighted by atomic mass is 10.1. The van der Waals surface area contributed by atoms with Gasteiger partial charge in [-0.1, -0.05) is 12.1 Å². The van der Waals surface area contributed by atoms with E-state index in [0.29, 0.717) is 26.4 Å². The molecule has 0 bridgehead atoms. The molecular formula is C13H21NO3. The fraction of sp³-hybridized carbons (Fsp3) is 0.538. The molecule has 4 nitrogen and oxygen atoms in total. The summed E-state index contributed by atoms with van der Waals surface area (Å²) in [7, 11) is 1.65. The van der Waals surface area contributed by atoms with Gasteiger partial charge >= 0.3 is 0 Å². The second-order valence-corrected chi connectivity index (χ2v) is 3.81. The number of rotatable bonds is 8. The van der Waals surface area contributed by atoms with E-state index in [2.05, 4.69) is 0 Å². The lowest BCUT2D eigenvalue weighted by Crippen LogP contribution is -2.10. The second kappa shape index (κ2) is 8.06. The minimum atomic E-state index is 0.0245. The van der Waals surface area contributed by atoms with Gasteiger partial charge in [0.05, 0.1) is 19.8 Å². The second-order valence-electron chi connectivity index (χ2n) is 3.81. The molecule has 0 fully saturated rings. The standard InChI is InChI=1S/C13H21NO3/c1-11(14)12-4-3-5-13(10-12)17-9-8-16-7-6-15-2/h3-5,10-11H,6-9,14H2,1-2H3. The van der Waals surface area contributed by atoms with E-state index in [9.17, 15) is 0 Å². The molecule has 0 aromatic heterocycles. The zero-order chi connectivity index (χ0) is 12.5. The lowest BCUT2D eigenvalue weighted by molar-refractivity contribution is 0.0544. The molecule has 0 radical (unpaired) electrons. The van der Waals surface area contributed by atoms with Crippen LogP contribution in [0.1, 0.15) is 18.5 Å². The van der Waals surface area contributed by atoms with E-state index >= 15 is 0 Å². The maximum absolute atomic E-state index is 5.80. The highest BCUT2D eigenvalue weighted by Crippen LogP contribution is 2.17. The molecule has 0 heterocycles. The Labute approximate surface area is 103 Å². The summed E-state index contributed by atoms with van der Waals surface area (Å²) in [5.74, 6) is 0.829. The van der Waals surface area contributed by atoms with E-state index < -0.39 is 0 Å². The normalized spacial score (nSPS) is 12.4. The van der Waals surface area contributed by atoms with Crippen molar-refractivity contribution in [1.82, 2.24) is 0 Å². The third-order valence-corrected chi connectivity index (χ3v) is 2.31. The minimum Gasteiger partial charge on any atom is -0.491 e. The predicted octanol–water partition coefficient (Wildman–Crippen LogP) is 1.75. The Balaban J connectivity index is 2.24. The van der Waals surface area contributed by atoms with Crippen molar-refractivity contribution in [3.8, 4) is 5.75 Å². The van der Waals surface area contributed by atoms with Gasteiger partial charge in [-0.3, -0.25) is 0 Å². The van der Waals surface area contributed by atoms with Gasteiger partial charge in [0.15, 0.2) is 0 Å². The molecule has 0 amide bonds. The highest BCUT2D eigenvalue weighted by molar-refractivity contribution is 5.30. The summed E-state index contributed by atoms with van der Waals surface area (Å²) in [6.45, 7) is 4.25. The average molecular weight is 239 g/mol. The molecular weight excluding hydrogens is 218 g/mol. The summed E-state index contributed by atoms with van der Waals surface area (Å²) >= 11 is 0. The lowest BCUT2D eigenvalue weighted by Gasteiger charge is -2.10. The van der Waals surface area contributed by atoms with Gasteiger partial charge < -0.3 is 19.9 Å². The number of benzene rings is 1. The maximum Gasteiger partial charge on any atom is 0.119 e. The molecule has 2 N–H and O–H groups in total. The molecule has 0 saturated heterocycles. The third kappa shape index (κ3) is 5.68. The van der Waals surface area contributed by atoms with E-state index in [1.807, 2.05) is 31.2 Å². The zero-order valence-electron chi connectivity index (χ0n) is 10.5. The molecule has 0 aliphatic heterocycles. The highest BCUT2D eigenvalue weighted by atomic mass is 16.5. The summed E-state index contributed by atoms with van der Waals surface area (Å²) in [4.78, 5) is 0. The Morgan fingerprint density at radius 2 is 1.94 bits per heavy atom. The van der Waals surface area contributed by atoms with E-state index in [1.165, 1.54) is 0 Å². The van der Waals surface area contributed by atoms with Crippen LogP contribution >= 0.6 is 0 Å². The molecule has 17 heavy (non-hydrogen) atoms. The van der Waals surface area contributed by atoms with Crippen molar-refractivity contribution in [2.45, 2.75) is 13.0 Å². The first-order valence-electron chi connectivity index (χ1n) is 5.79. The van der Waals surface area contributed by atoms with Crippen LogP contribution in [-0.2, 0) is 9.47 Å². The molecule has 1 unspecified atom stereocenters. The van der Waals surface area contributed by atoms with Crippen LogP contribution in [-0.4, -0.2) is 33.5 Å². The van der Waals surface area contributed by atoms with E-state index in [-0.39, 0.29) is 6.04 Å². The van der Waals surface area contributed by atoms with E-state index in [4.69, 9.17) is 19.9 Å². The Morgan fingerprint density at radius 1 is 1.18 bits per heavy atom. The summed E-state index contributed by atoms with van der Waals surface area (Å²) in [5, 5.41) is 0. The van der Waals surface area contributed by atoms with Crippen LogP contribution in [0.15, 0.2) is 24.3 Å². The third-order valence-electron chi connectivity index (χ3n) is 2.31. The van der Waals surface area contributed by atoms with Gasteiger partial charge in [0.25, 0.3) is 0 Å². The first kappa shape index (κ1) is 14.0. The Kier molecular flexibility index (Phi) is 6.62. The summed E-state index contributed by atoms with van der Waals surface area (Å²) in [6, 6.07) is 7.84. The number of ether oxygens (including phenoxy) is 3. The van der Waals surface area contributed by atoms with Crippen molar-refractivity contribution >= 4 is 0 Å². The van der Waals surface area contributed by atoms with Crippen LogP contribution in [0.2, 0.25) is 0 Å². The summed E-state index contributed by atoms with van der Waals surface area (Å²) in [6.07, 6.45) is 0. The van der Waals surface area contributed by atoms with Crippen molar-refractivity contribution in [2.24, 2.45) is 5.73 Å². The smallest absolute Gasteiger partial charge is 0.119 e. The molecule has 0 saturated carbocycles. The molecule has 0 aliphatic rings. The molecule has 1 rings (SSSR count). The van der Waals surface area contributed by atoms with E-state index in [1.54, 1.807) is 7.11 Å². The van der Waals surface area contributed by atoms with Gasteiger partial charge in [0.1, 0.15) is 12.4 Å². The molecule has 96 valence electrons. The minimum absolute atomic E-state index is 0.0245. The average Bonchev–Trinajstić information content (AvgIpc) is 2.34. The topological polar surface area (TPSA) is 53.7 Å². The van der Waals surface area contributed by atoms with Crippen molar-refractivity contribution in [3.05, 3.63) is 29.8 Å². The Hall–Kier alpha value is -1.10. The predicted molar refractivity (Wildman–Crippen MR) is 67.2 cm³/mol. The van der Waals surface area contributed by atoms with Gasteiger partial charge in [-0.2, -0.15) is 0 Å². The van der Waals surface area contributed by atoms with Crippen molar-refractivity contribution in [3.63, 3.8) is 0 Å².